The minimum atomic E-state index is -0.264. The van der Waals surface area contributed by atoms with Crippen molar-refractivity contribution in [2.75, 3.05) is 32.8 Å². The molecular weight excluding hydrogens is 316 g/mol. The summed E-state index contributed by atoms with van der Waals surface area (Å²) in [5.41, 5.74) is 4.72. The second kappa shape index (κ2) is 7.56. The fourth-order valence-electron chi connectivity index (χ4n) is 3.90. The molecule has 2 aliphatic heterocycles. The molecule has 2 saturated heterocycles. The Hall–Kier alpha value is -1.88. The average Bonchev–Trinajstić information content (AvgIpc) is 3.12. The van der Waals surface area contributed by atoms with Crippen LogP contribution in [0.2, 0.25) is 0 Å². The summed E-state index contributed by atoms with van der Waals surface area (Å²) < 4.78 is 5.49. The van der Waals surface area contributed by atoms with Gasteiger partial charge in [0, 0.05) is 32.8 Å². The van der Waals surface area contributed by atoms with Gasteiger partial charge in [0.05, 0.1) is 6.42 Å². The van der Waals surface area contributed by atoms with E-state index in [9.17, 15) is 9.59 Å². The third kappa shape index (κ3) is 4.03. The Morgan fingerprint density at radius 2 is 1.64 bits per heavy atom. The van der Waals surface area contributed by atoms with Crippen LogP contribution in [-0.4, -0.2) is 60.5 Å². The third-order valence-corrected chi connectivity index (χ3v) is 5.32. The van der Waals surface area contributed by atoms with Crippen molar-refractivity contribution < 1.29 is 14.3 Å². The average molecular weight is 344 g/mol. The summed E-state index contributed by atoms with van der Waals surface area (Å²) in [7, 11) is 0. The number of hydrogen-bond donors (Lipinski definition) is 0. The van der Waals surface area contributed by atoms with E-state index < -0.39 is 0 Å². The Bertz CT molecular complexity index is 634. The SMILES string of the molecule is Cc1cc(C)c(CC(=O)N2CCN(C(=O)C3CCCO3)CC2)c(C)c1. The predicted octanol–water partition coefficient (Wildman–Crippen LogP) is 2.00. The van der Waals surface area contributed by atoms with Gasteiger partial charge in [0.25, 0.3) is 5.91 Å². The van der Waals surface area contributed by atoms with E-state index in [4.69, 9.17) is 4.74 Å². The zero-order valence-corrected chi connectivity index (χ0v) is 15.5. The molecule has 1 atom stereocenters. The summed E-state index contributed by atoms with van der Waals surface area (Å²) in [4.78, 5) is 28.8. The van der Waals surface area contributed by atoms with E-state index >= 15 is 0 Å². The molecule has 0 spiro atoms. The summed E-state index contributed by atoms with van der Waals surface area (Å²) >= 11 is 0. The number of rotatable bonds is 3. The second-order valence-electron chi connectivity index (χ2n) is 7.26. The summed E-state index contributed by atoms with van der Waals surface area (Å²) in [5.74, 6) is 0.245. The molecule has 3 rings (SSSR count). The van der Waals surface area contributed by atoms with Crippen molar-refractivity contribution in [2.45, 2.75) is 46.1 Å². The van der Waals surface area contributed by atoms with Crippen LogP contribution in [0.4, 0.5) is 0 Å². The Labute approximate surface area is 149 Å². The van der Waals surface area contributed by atoms with E-state index in [1.807, 2.05) is 9.80 Å². The van der Waals surface area contributed by atoms with Crippen LogP contribution in [0.25, 0.3) is 0 Å². The van der Waals surface area contributed by atoms with Gasteiger partial charge in [-0.3, -0.25) is 9.59 Å². The molecule has 2 aliphatic rings. The molecule has 0 radical (unpaired) electrons. The van der Waals surface area contributed by atoms with Crippen molar-refractivity contribution in [1.29, 1.82) is 0 Å². The second-order valence-corrected chi connectivity index (χ2v) is 7.26. The summed E-state index contributed by atoms with van der Waals surface area (Å²) in [6, 6.07) is 4.27. The summed E-state index contributed by atoms with van der Waals surface area (Å²) in [6.07, 6.45) is 1.96. The highest BCUT2D eigenvalue weighted by molar-refractivity contribution is 5.82. The molecule has 0 aliphatic carbocycles. The minimum absolute atomic E-state index is 0.0924. The van der Waals surface area contributed by atoms with Gasteiger partial charge in [-0.25, -0.2) is 0 Å². The Morgan fingerprint density at radius 1 is 1.04 bits per heavy atom. The van der Waals surface area contributed by atoms with E-state index in [0.29, 0.717) is 39.2 Å². The molecule has 5 heteroatoms. The van der Waals surface area contributed by atoms with Crippen molar-refractivity contribution in [1.82, 2.24) is 9.80 Å². The molecule has 25 heavy (non-hydrogen) atoms. The van der Waals surface area contributed by atoms with Crippen molar-refractivity contribution in [3.05, 3.63) is 34.4 Å². The summed E-state index contributed by atoms with van der Waals surface area (Å²) in [5, 5.41) is 0. The fourth-order valence-corrected chi connectivity index (χ4v) is 3.90. The number of nitrogens with zero attached hydrogens (tertiary/aromatic N) is 2. The first-order valence-corrected chi connectivity index (χ1v) is 9.20. The Balaban J connectivity index is 1.56. The molecule has 1 aromatic carbocycles. The lowest BCUT2D eigenvalue weighted by Crippen LogP contribution is -2.53. The van der Waals surface area contributed by atoms with E-state index in [1.165, 1.54) is 16.7 Å². The van der Waals surface area contributed by atoms with Crippen LogP contribution in [0.1, 0.15) is 35.1 Å². The van der Waals surface area contributed by atoms with Gasteiger partial charge >= 0.3 is 0 Å². The van der Waals surface area contributed by atoms with Gasteiger partial charge in [-0.15, -0.1) is 0 Å². The van der Waals surface area contributed by atoms with Crippen LogP contribution in [0.5, 0.6) is 0 Å². The monoisotopic (exact) mass is 344 g/mol. The fraction of sp³-hybridized carbons (Fsp3) is 0.600. The molecular formula is C20H28N2O3. The molecule has 1 unspecified atom stereocenters. The van der Waals surface area contributed by atoms with Gasteiger partial charge < -0.3 is 14.5 Å². The first-order chi connectivity index (χ1) is 12.0. The van der Waals surface area contributed by atoms with Crippen LogP contribution < -0.4 is 0 Å². The Kier molecular flexibility index (Phi) is 5.42. The van der Waals surface area contributed by atoms with Gasteiger partial charge in [-0.1, -0.05) is 17.7 Å². The number of piperazine rings is 1. The zero-order chi connectivity index (χ0) is 18.0. The van der Waals surface area contributed by atoms with Gasteiger partial charge in [-0.05, 0) is 50.3 Å². The first kappa shape index (κ1) is 17.9. The maximum absolute atomic E-state index is 12.7. The van der Waals surface area contributed by atoms with Gasteiger partial charge in [0.15, 0.2) is 0 Å². The van der Waals surface area contributed by atoms with Crippen molar-refractivity contribution in [3.8, 4) is 0 Å². The smallest absolute Gasteiger partial charge is 0.251 e. The topological polar surface area (TPSA) is 49.9 Å². The maximum atomic E-state index is 12.7. The molecule has 5 nitrogen and oxygen atoms in total. The highest BCUT2D eigenvalue weighted by Gasteiger charge is 2.31. The van der Waals surface area contributed by atoms with Crippen LogP contribution in [0.15, 0.2) is 12.1 Å². The van der Waals surface area contributed by atoms with Crippen LogP contribution >= 0.6 is 0 Å². The molecule has 2 heterocycles. The number of carbonyl (C=O) groups excluding carboxylic acids is 2. The van der Waals surface area contributed by atoms with Gasteiger partial charge in [0.2, 0.25) is 5.91 Å². The number of hydrogen-bond acceptors (Lipinski definition) is 3. The van der Waals surface area contributed by atoms with Crippen LogP contribution in [0, 0.1) is 20.8 Å². The number of benzene rings is 1. The highest BCUT2D eigenvalue weighted by atomic mass is 16.5. The lowest BCUT2D eigenvalue weighted by molar-refractivity contribution is -0.145. The number of aryl methyl sites for hydroxylation is 3. The molecule has 0 N–H and O–H groups in total. The van der Waals surface area contributed by atoms with Crippen molar-refractivity contribution in [3.63, 3.8) is 0 Å². The van der Waals surface area contributed by atoms with Crippen molar-refractivity contribution >= 4 is 11.8 Å². The first-order valence-electron chi connectivity index (χ1n) is 9.20. The maximum Gasteiger partial charge on any atom is 0.251 e. The molecule has 0 saturated carbocycles. The van der Waals surface area contributed by atoms with Gasteiger partial charge in [0.1, 0.15) is 6.10 Å². The number of ether oxygens (including phenoxy) is 1. The van der Waals surface area contributed by atoms with E-state index in [2.05, 4.69) is 32.9 Å². The highest BCUT2D eigenvalue weighted by Crippen LogP contribution is 2.19. The lowest BCUT2D eigenvalue weighted by atomic mass is 9.97. The molecule has 0 aromatic heterocycles. The lowest BCUT2D eigenvalue weighted by Gasteiger charge is -2.36. The van der Waals surface area contributed by atoms with Crippen molar-refractivity contribution in [2.24, 2.45) is 0 Å². The van der Waals surface area contributed by atoms with Crippen LogP contribution in [-0.2, 0) is 20.7 Å². The van der Waals surface area contributed by atoms with Gasteiger partial charge in [-0.2, -0.15) is 0 Å². The van der Waals surface area contributed by atoms with Crippen LogP contribution in [0.3, 0.4) is 0 Å². The molecule has 2 amide bonds. The largest absolute Gasteiger partial charge is 0.368 e. The normalized spacial score (nSPS) is 20.8. The third-order valence-electron chi connectivity index (χ3n) is 5.32. The minimum Gasteiger partial charge on any atom is -0.368 e. The quantitative estimate of drug-likeness (QED) is 0.843. The predicted molar refractivity (Wildman–Crippen MR) is 96.5 cm³/mol. The van der Waals surface area contributed by atoms with E-state index in [1.54, 1.807) is 0 Å². The Morgan fingerprint density at radius 3 is 2.20 bits per heavy atom. The van der Waals surface area contributed by atoms with E-state index in [0.717, 1.165) is 18.4 Å². The standard InChI is InChI=1S/C20H28N2O3/c1-14-11-15(2)17(16(3)12-14)13-19(23)21-6-8-22(9-7-21)20(24)18-5-4-10-25-18/h11-12,18H,4-10,13H2,1-3H3. The molecule has 0 bridgehead atoms. The summed E-state index contributed by atoms with van der Waals surface area (Å²) in [6.45, 7) is 9.34. The van der Waals surface area contributed by atoms with E-state index in [-0.39, 0.29) is 17.9 Å². The zero-order valence-electron chi connectivity index (χ0n) is 15.5. The molecule has 136 valence electrons. The number of amides is 2. The molecule has 1 aromatic rings. The number of carbonyl (C=O) groups is 2. The molecule has 2 fully saturated rings.